The minimum absolute atomic E-state index is 0.0629. The third-order valence-corrected chi connectivity index (χ3v) is 7.79. The normalized spacial score (nSPS) is 16.8. The molecule has 1 atom stereocenters. The van der Waals surface area contributed by atoms with Crippen LogP contribution in [0.3, 0.4) is 0 Å². The van der Waals surface area contributed by atoms with Crippen molar-refractivity contribution in [2.45, 2.75) is 104 Å². The Bertz CT molecular complexity index is 1510. The Hall–Kier alpha value is -3.89. The van der Waals surface area contributed by atoms with Gasteiger partial charge < -0.3 is 19.4 Å². The number of benzene rings is 1. The van der Waals surface area contributed by atoms with Crippen molar-refractivity contribution in [3.8, 4) is 11.5 Å². The lowest BCUT2D eigenvalue weighted by Gasteiger charge is -2.18. The number of ketones is 1. The molecule has 11 nitrogen and oxygen atoms in total. The van der Waals surface area contributed by atoms with Crippen molar-refractivity contribution in [2.75, 3.05) is 13.7 Å². The Labute approximate surface area is 245 Å². The topological polar surface area (TPSA) is 126 Å². The number of unbranched alkanes of at least 4 members (excludes halogenated alkanes) is 1. The lowest BCUT2D eigenvalue weighted by Crippen LogP contribution is -2.40. The van der Waals surface area contributed by atoms with E-state index in [0.717, 1.165) is 49.2 Å². The molecule has 1 aliphatic heterocycles. The number of methoxy groups -OCH3 is 1. The van der Waals surface area contributed by atoms with E-state index >= 15 is 0 Å². The molecule has 0 radical (unpaired) electrons. The largest absolute Gasteiger partial charge is 0.493 e. The average molecular weight is 582 g/mol. The Balaban J connectivity index is 0.000000193. The van der Waals surface area contributed by atoms with E-state index in [-0.39, 0.29) is 35.4 Å². The van der Waals surface area contributed by atoms with Crippen molar-refractivity contribution < 1.29 is 19.1 Å². The van der Waals surface area contributed by atoms with Crippen molar-refractivity contribution in [1.29, 1.82) is 0 Å². The first kappa shape index (κ1) is 31.1. The van der Waals surface area contributed by atoms with Crippen molar-refractivity contribution in [3.05, 3.63) is 50.9 Å². The fraction of sp³-hybridized carbons (Fsp3) is 0.581. The summed E-state index contributed by atoms with van der Waals surface area (Å²) in [6.07, 6.45) is 9.48. The van der Waals surface area contributed by atoms with Gasteiger partial charge in [0.2, 0.25) is 5.91 Å². The van der Waals surface area contributed by atoms with Crippen LogP contribution >= 0.6 is 0 Å². The number of nitrogens with one attached hydrogen (secondary N) is 1. The van der Waals surface area contributed by atoms with Crippen LogP contribution in [0.1, 0.15) is 83.6 Å². The van der Waals surface area contributed by atoms with Gasteiger partial charge in [0.1, 0.15) is 5.78 Å². The third kappa shape index (κ3) is 7.11. The highest BCUT2D eigenvalue weighted by Crippen LogP contribution is 2.35. The van der Waals surface area contributed by atoms with Crippen molar-refractivity contribution in [3.63, 3.8) is 0 Å². The summed E-state index contributed by atoms with van der Waals surface area (Å²) < 4.78 is 15.8. The summed E-state index contributed by atoms with van der Waals surface area (Å²) in [7, 11) is 1.66. The number of aromatic nitrogens is 4. The van der Waals surface area contributed by atoms with E-state index < -0.39 is 0 Å². The molecule has 3 aromatic rings. The molecule has 1 aliphatic carbocycles. The van der Waals surface area contributed by atoms with Gasteiger partial charge in [-0.2, -0.15) is 0 Å². The SMILES string of the molecule is CCCCn1c(=O)c2c(ncn2CC(C)=O)n(CCC)c1=O.COc1ccc(C2CNC(=O)C2)cc1OC1CCCC1. The molecule has 0 spiro atoms. The summed E-state index contributed by atoms with van der Waals surface area (Å²) in [6, 6.07) is 6.02. The molecule has 5 rings (SSSR count). The highest BCUT2D eigenvalue weighted by molar-refractivity contribution is 5.79. The van der Waals surface area contributed by atoms with Crippen molar-refractivity contribution in [1.82, 2.24) is 24.0 Å². The summed E-state index contributed by atoms with van der Waals surface area (Å²) in [4.78, 5) is 52.1. The molecule has 2 fully saturated rings. The first-order valence-corrected chi connectivity index (χ1v) is 15.1. The fourth-order valence-corrected chi connectivity index (χ4v) is 5.60. The van der Waals surface area contributed by atoms with Gasteiger partial charge in [0.05, 0.1) is 26.1 Å². The zero-order valence-electron chi connectivity index (χ0n) is 25.2. The highest BCUT2D eigenvalue weighted by Gasteiger charge is 2.25. The number of ether oxygens (including phenoxy) is 2. The van der Waals surface area contributed by atoms with Crippen LogP contribution in [0, 0.1) is 0 Å². The number of nitrogens with zero attached hydrogens (tertiary/aromatic N) is 4. The third-order valence-electron chi connectivity index (χ3n) is 7.79. The molecule has 2 aliphatic rings. The van der Waals surface area contributed by atoms with E-state index in [0.29, 0.717) is 43.3 Å². The molecule has 1 N–H and O–H groups in total. The molecule has 1 saturated heterocycles. The second-order valence-electron chi connectivity index (χ2n) is 11.1. The molecule has 11 heteroatoms. The minimum Gasteiger partial charge on any atom is -0.493 e. The number of amides is 1. The number of carbonyl (C=O) groups is 2. The van der Waals surface area contributed by atoms with E-state index in [1.54, 1.807) is 7.11 Å². The number of hydrogen-bond donors (Lipinski definition) is 1. The zero-order valence-corrected chi connectivity index (χ0v) is 25.2. The first-order valence-electron chi connectivity index (χ1n) is 15.1. The smallest absolute Gasteiger partial charge is 0.332 e. The van der Waals surface area contributed by atoms with Gasteiger partial charge in [-0.1, -0.05) is 26.3 Å². The summed E-state index contributed by atoms with van der Waals surface area (Å²) in [5.41, 5.74) is 1.17. The van der Waals surface area contributed by atoms with Gasteiger partial charge in [0, 0.05) is 32.0 Å². The Kier molecular flexibility index (Phi) is 10.6. The maximum atomic E-state index is 12.7. The van der Waals surface area contributed by atoms with Crippen LogP contribution in [0.25, 0.3) is 11.2 Å². The summed E-state index contributed by atoms with van der Waals surface area (Å²) in [5.74, 6) is 1.91. The first-order chi connectivity index (χ1) is 20.3. The number of carbonyl (C=O) groups excluding carboxylic acids is 2. The lowest BCUT2D eigenvalue weighted by atomic mass is 9.98. The number of hydrogen-bond acceptors (Lipinski definition) is 7. The van der Waals surface area contributed by atoms with Gasteiger partial charge in [-0.05, 0) is 63.1 Å². The van der Waals surface area contributed by atoms with E-state index in [1.807, 2.05) is 32.0 Å². The van der Waals surface area contributed by atoms with E-state index in [1.165, 1.54) is 39.8 Å². The number of imidazole rings is 1. The monoisotopic (exact) mass is 581 g/mol. The van der Waals surface area contributed by atoms with E-state index in [9.17, 15) is 19.2 Å². The number of fused-ring (bicyclic) bond motifs is 1. The van der Waals surface area contributed by atoms with Crippen LogP contribution in [0.4, 0.5) is 0 Å². The van der Waals surface area contributed by atoms with Crippen LogP contribution in [-0.4, -0.2) is 50.1 Å². The van der Waals surface area contributed by atoms with Gasteiger partial charge in [-0.15, -0.1) is 0 Å². The molecule has 228 valence electrons. The number of aryl methyl sites for hydroxylation is 1. The number of rotatable bonds is 11. The van der Waals surface area contributed by atoms with Gasteiger partial charge in [-0.25, -0.2) is 9.78 Å². The molecule has 1 aromatic carbocycles. The molecule has 0 bridgehead atoms. The molecular formula is C31H43N5O6. The zero-order chi connectivity index (χ0) is 30.2. The number of Topliss-reactive ketones (excluding diaryl/α,β-unsaturated/α-hetero) is 1. The van der Waals surface area contributed by atoms with Gasteiger partial charge in [-0.3, -0.25) is 23.5 Å². The standard InChI is InChI=1S/C16H21NO3.C15H22N4O3/c1-19-14-7-6-11(12-9-16(18)17-10-12)8-15(14)20-13-4-2-3-5-13;1-4-6-8-19-14(21)12-13(18(7-5-2)15(19)22)16-10-17(12)9-11(3)20/h6-8,12-13H,2-5,9-10H2,1H3,(H,17,18);10H,4-9H2,1-3H3. The summed E-state index contributed by atoms with van der Waals surface area (Å²) in [5, 5.41) is 2.88. The van der Waals surface area contributed by atoms with E-state index in [4.69, 9.17) is 9.47 Å². The lowest BCUT2D eigenvalue weighted by molar-refractivity contribution is -0.119. The maximum absolute atomic E-state index is 12.7. The van der Waals surface area contributed by atoms with Crippen molar-refractivity contribution in [2.24, 2.45) is 0 Å². The van der Waals surface area contributed by atoms with Crippen LogP contribution < -0.4 is 26.0 Å². The molecule has 1 unspecified atom stereocenters. The maximum Gasteiger partial charge on any atom is 0.332 e. The summed E-state index contributed by atoms with van der Waals surface area (Å²) in [6.45, 7) is 7.12. The predicted octanol–water partition coefficient (Wildman–Crippen LogP) is 3.78. The Morgan fingerprint density at radius 3 is 2.43 bits per heavy atom. The molecule has 3 heterocycles. The quantitative estimate of drug-likeness (QED) is 0.365. The van der Waals surface area contributed by atoms with Crippen LogP contribution in [0.5, 0.6) is 11.5 Å². The fourth-order valence-electron chi connectivity index (χ4n) is 5.60. The summed E-state index contributed by atoms with van der Waals surface area (Å²) >= 11 is 0. The molecule has 1 saturated carbocycles. The average Bonchev–Trinajstić information content (AvgIpc) is 3.73. The van der Waals surface area contributed by atoms with Crippen LogP contribution in [0.2, 0.25) is 0 Å². The highest BCUT2D eigenvalue weighted by atomic mass is 16.5. The molecule has 42 heavy (non-hydrogen) atoms. The second-order valence-corrected chi connectivity index (χ2v) is 11.1. The molecular weight excluding hydrogens is 538 g/mol. The Morgan fingerprint density at radius 1 is 1.05 bits per heavy atom. The van der Waals surface area contributed by atoms with Crippen LogP contribution in [-0.2, 0) is 29.2 Å². The van der Waals surface area contributed by atoms with Gasteiger partial charge in [0.15, 0.2) is 22.7 Å². The molecule has 2 aromatic heterocycles. The van der Waals surface area contributed by atoms with Crippen molar-refractivity contribution >= 4 is 22.9 Å². The predicted molar refractivity (Wildman–Crippen MR) is 160 cm³/mol. The van der Waals surface area contributed by atoms with E-state index in [2.05, 4.69) is 10.3 Å². The van der Waals surface area contributed by atoms with Crippen LogP contribution in [0.15, 0.2) is 34.1 Å². The Morgan fingerprint density at radius 2 is 1.81 bits per heavy atom. The second kappa shape index (κ2) is 14.3. The van der Waals surface area contributed by atoms with Gasteiger partial charge in [0.25, 0.3) is 5.56 Å². The van der Waals surface area contributed by atoms with Gasteiger partial charge >= 0.3 is 5.69 Å². The minimum atomic E-state index is -0.362. The molecule has 1 amide bonds.